The van der Waals surface area contributed by atoms with Gasteiger partial charge in [0, 0.05) is 32.7 Å². The molecule has 1 saturated heterocycles. The molecule has 3 nitrogen and oxygen atoms in total. The molecule has 1 aromatic carbocycles. The average molecular weight is 304 g/mol. The van der Waals surface area contributed by atoms with Gasteiger partial charge in [0.25, 0.3) is 0 Å². The average Bonchev–Trinajstić information content (AvgIpc) is 2.47. The summed E-state index contributed by atoms with van der Waals surface area (Å²) < 4.78 is 48.7. The Hall–Kier alpha value is -1.11. The summed E-state index contributed by atoms with van der Waals surface area (Å²) in [7, 11) is 0. The molecule has 1 fully saturated rings. The van der Waals surface area contributed by atoms with Crippen LogP contribution in [0.25, 0.3) is 0 Å². The van der Waals surface area contributed by atoms with Crippen molar-refractivity contribution in [3.8, 4) is 0 Å². The van der Waals surface area contributed by atoms with Gasteiger partial charge in [0.1, 0.15) is 11.7 Å². The maximum absolute atomic E-state index is 12.6. The van der Waals surface area contributed by atoms with Gasteiger partial charge in [-0.3, -0.25) is 0 Å². The Morgan fingerprint density at radius 1 is 1.24 bits per heavy atom. The van der Waals surface area contributed by atoms with E-state index >= 15 is 0 Å². The van der Waals surface area contributed by atoms with E-state index in [4.69, 9.17) is 9.47 Å². The second-order valence-electron chi connectivity index (χ2n) is 5.13. The van der Waals surface area contributed by atoms with Crippen molar-refractivity contribution >= 4 is 0 Å². The van der Waals surface area contributed by atoms with E-state index in [0.29, 0.717) is 38.2 Å². The summed E-state index contributed by atoms with van der Waals surface area (Å²) in [6.45, 7) is 3.20. The highest BCUT2D eigenvalue weighted by Crippen LogP contribution is 2.38. The normalized spacial score (nSPS) is 20.2. The number of ether oxygens (including phenoxy) is 2. The maximum atomic E-state index is 12.6. The number of aliphatic hydroxyl groups excluding tert-OH is 1. The molecule has 1 heterocycles. The number of benzene rings is 1. The Labute approximate surface area is 121 Å². The minimum atomic E-state index is -4.38. The van der Waals surface area contributed by atoms with E-state index in [-0.39, 0.29) is 0 Å². The Bertz CT molecular complexity index is 445. The van der Waals surface area contributed by atoms with Crippen LogP contribution in [0.15, 0.2) is 24.3 Å². The van der Waals surface area contributed by atoms with Gasteiger partial charge in [-0.2, -0.15) is 13.2 Å². The molecule has 0 aliphatic carbocycles. The summed E-state index contributed by atoms with van der Waals surface area (Å²) in [5, 5.41) is 10.6. The number of hydrogen-bond donors (Lipinski definition) is 1. The Kier molecular flexibility index (Phi) is 4.91. The van der Waals surface area contributed by atoms with Crippen molar-refractivity contribution in [2.45, 2.75) is 37.6 Å². The van der Waals surface area contributed by atoms with Gasteiger partial charge in [-0.25, -0.2) is 0 Å². The lowest BCUT2D eigenvalue weighted by Gasteiger charge is -2.40. The molecule has 0 radical (unpaired) electrons. The van der Waals surface area contributed by atoms with E-state index in [2.05, 4.69) is 0 Å². The third-order valence-corrected chi connectivity index (χ3v) is 3.82. The van der Waals surface area contributed by atoms with Gasteiger partial charge in [0.15, 0.2) is 0 Å². The molecule has 0 spiro atoms. The van der Waals surface area contributed by atoms with Crippen LogP contribution in [0.4, 0.5) is 13.2 Å². The first kappa shape index (κ1) is 16.3. The first-order valence-corrected chi connectivity index (χ1v) is 6.96. The molecule has 0 bridgehead atoms. The molecule has 1 unspecified atom stereocenters. The number of rotatable bonds is 4. The number of aliphatic hydroxyl groups is 1. The zero-order valence-electron chi connectivity index (χ0n) is 11.8. The largest absolute Gasteiger partial charge is 0.416 e. The van der Waals surface area contributed by atoms with Crippen molar-refractivity contribution in [1.82, 2.24) is 0 Å². The van der Waals surface area contributed by atoms with Crippen LogP contribution in [0.5, 0.6) is 0 Å². The lowest BCUT2D eigenvalue weighted by atomic mass is 9.84. The van der Waals surface area contributed by atoms with Crippen molar-refractivity contribution in [2.75, 3.05) is 19.8 Å². The van der Waals surface area contributed by atoms with Crippen LogP contribution in [0.3, 0.4) is 0 Å². The zero-order valence-corrected chi connectivity index (χ0v) is 11.8. The molecule has 1 atom stereocenters. The molecule has 0 amide bonds. The standard InChI is InChI=1S/C15H19F3O3/c1-2-21-14(7-9-20-10-8-14)13(19)11-3-5-12(6-4-11)15(16,17)18/h3-6,13,19H,2,7-10H2,1H3. The Balaban J connectivity index is 2.22. The lowest BCUT2D eigenvalue weighted by Crippen LogP contribution is -2.44. The molecule has 1 N–H and O–H groups in total. The summed E-state index contributed by atoms with van der Waals surface area (Å²) in [6, 6.07) is 4.59. The molecule has 118 valence electrons. The summed E-state index contributed by atoms with van der Waals surface area (Å²) in [4.78, 5) is 0. The van der Waals surface area contributed by atoms with Crippen molar-refractivity contribution in [3.63, 3.8) is 0 Å². The maximum Gasteiger partial charge on any atom is 0.416 e. The van der Waals surface area contributed by atoms with Gasteiger partial charge in [0.2, 0.25) is 0 Å². The molecule has 1 aliphatic heterocycles. The van der Waals surface area contributed by atoms with Crippen LogP contribution in [-0.4, -0.2) is 30.5 Å². The smallest absolute Gasteiger partial charge is 0.385 e. The zero-order chi connectivity index (χ0) is 15.5. The van der Waals surface area contributed by atoms with Crippen LogP contribution in [0.1, 0.15) is 37.0 Å². The summed E-state index contributed by atoms with van der Waals surface area (Å²) in [5.41, 5.74) is -1.08. The highest BCUT2D eigenvalue weighted by atomic mass is 19.4. The number of alkyl halides is 3. The number of halogens is 3. The van der Waals surface area contributed by atoms with E-state index in [9.17, 15) is 18.3 Å². The molecule has 1 aromatic rings. The third kappa shape index (κ3) is 3.56. The molecule has 2 rings (SSSR count). The van der Waals surface area contributed by atoms with Crippen molar-refractivity contribution < 1.29 is 27.8 Å². The summed E-state index contributed by atoms with van der Waals surface area (Å²) in [6.07, 6.45) is -4.31. The minimum Gasteiger partial charge on any atom is -0.385 e. The topological polar surface area (TPSA) is 38.7 Å². The fraction of sp³-hybridized carbons (Fsp3) is 0.600. The predicted octanol–water partition coefficient (Wildman–Crippen LogP) is 3.32. The SMILES string of the molecule is CCOC1(C(O)c2ccc(C(F)(F)F)cc2)CCOCC1. The minimum absolute atomic E-state index is 0.428. The molecule has 0 saturated carbocycles. The highest BCUT2D eigenvalue weighted by molar-refractivity contribution is 5.27. The lowest BCUT2D eigenvalue weighted by molar-refractivity contribution is -0.168. The monoisotopic (exact) mass is 304 g/mol. The quantitative estimate of drug-likeness (QED) is 0.927. The number of hydrogen-bond acceptors (Lipinski definition) is 3. The van der Waals surface area contributed by atoms with E-state index in [1.54, 1.807) is 0 Å². The Morgan fingerprint density at radius 2 is 1.81 bits per heavy atom. The van der Waals surface area contributed by atoms with Crippen LogP contribution < -0.4 is 0 Å². The van der Waals surface area contributed by atoms with Gasteiger partial charge >= 0.3 is 6.18 Å². The van der Waals surface area contributed by atoms with Gasteiger partial charge in [-0.15, -0.1) is 0 Å². The second kappa shape index (κ2) is 6.34. The third-order valence-electron chi connectivity index (χ3n) is 3.82. The van der Waals surface area contributed by atoms with E-state index in [0.717, 1.165) is 12.1 Å². The first-order valence-electron chi connectivity index (χ1n) is 6.96. The van der Waals surface area contributed by atoms with E-state index < -0.39 is 23.4 Å². The van der Waals surface area contributed by atoms with Gasteiger partial charge in [-0.1, -0.05) is 12.1 Å². The molecular formula is C15H19F3O3. The molecule has 0 aromatic heterocycles. The molecule has 6 heteroatoms. The van der Waals surface area contributed by atoms with E-state index in [1.165, 1.54) is 12.1 Å². The van der Waals surface area contributed by atoms with Gasteiger partial charge < -0.3 is 14.6 Å². The van der Waals surface area contributed by atoms with Crippen LogP contribution in [-0.2, 0) is 15.7 Å². The first-order chi connectivity index (χ1) is 9.89. The molecule has 1 aliphatic rings. The highest BCUT2D eigenvalue weighted by Gasteiger charge is 2.41. The van der Waals surface area contributed by atoms with E-state index in [1.807, 2.05) is 6.92 Å². The second-order valence-corrected chi connectivity index (χ2v) is 5.13. The van der Waals surface area contributed by atoms with Gasteiger partial charge in [-0.05, 0) is 24.6 Å². The summed E-state index contributed by atoms with van der Waals surface area (Å²) in [5.74, 6) is 0. The summed E-state index contributed by atoms with van der Waals surface area (Å²) >= 11 is 0. The Morgan fingerprint density at radius 3 is 2.29 bits per heavy atom. The molecular weight excluding hydrogens is 285 g/mol. The van der Waals surface area contributed by atoms with Crippen molar-refractivity contribution in [1.29, 1.82) is 0 Å². The van der Waals surface area contributed by atoms with Gasteiger partial charge in [0.05, 0.1) is 5.56 Å². The van der Waals surface area contributed by atoms with Crippen molar-refractivity contribution in [2.24, 2.45) is 0 Å². The van der Waals surface area contributed by atoms with Crippen LogP contribution in [0, 0.1) is 0 Å². The van der Waals surface area contributed by atoms with Crippen molar-refractivity contribution in [3.05, 3.63) is 35.4 Å². The fourth-order valence-electron chi connectivity index (χ4n) is 2.66. The van der Waals surface area contributed by atoms with Crippen LogP contribution >= 0.6 is 0 Å². The van der Waals surface area contributed by atoms with Crippen LogP contribution in [0.2, 0.25) is 0 Å². The molecule has 21 heavy (non-hydrogen) atoms. The predicted molar refractivity (Wildman–Crippen MR) is 70.8 cm³/mol. The fourth-order valence-corrected chi connectivity index (χ4v) is 2.66.